The third-order valence-corrected chi connectivity index (χ3v) is 4.05. The predicted molar refractivity (Wildman–Crippen MR) is 87.4 cm³/mol. The molecule has 6 nitrogen and oxygen atoms in total. The molecule has 22 heavy (non-hydrogen) atoms. The van der Waals surface area contributed by atoms with Crippen LogP contribution in [-0.4, -0.2) is 29.3 Å². The van der Waals surface area contributed by atoms with Crippen LogP contribution in [0.5, 0.6) is 0 Å². The molecule has 0 saturated carbocycles. The molecule has 0 aliphatic rings. The highest BCUT2D eigenvalue weighted by Crippen LogP contribution is 2.22. The number of rotatable bonds is 6. The fourth-order valence-electron chi connectivity index (χ4n) is 1.87. The second kappa shape index (κ2) is 7.35. The summed E-state index contributed by atoms with van der Waals surface area (Å²) in [5.41, 5.74) is 0.521. The summed E-state index contributed by atoms with van der Waals surface area (Å²) in [6.07, 6.45) is 0. The number of hydrogen-bond donors (Lipinski definition) is 1. The highest BCUT2D eigenvalue weighted by Gasteiger charge is 2.10. The minimum atomic E-state index is -0.481. The second-order valence-electron chi connectivity index (χ2n) is 4.73. The monoisotopic (exact) mass is 339 g/mol. The average Bonchev–Trinajstić information content (AvgIpc) is 2.84. The number of halogens is 1. The quantitative estimate of drug-likeness (QED) is 0.646. The second-order valence-corrected chi connectivity index (χ2v) is 6.53. The lowest BCUT2D eigenvalue weighted by Gasteiger charge is -2.15. The van der Waals surface area contributed by atoms with E-state index >= 15 is 0 Å². The van der Waals surface area contributed by atoms with E-state index in [1.165, 1.54) is 35.6 Å². The average molecular weight is 340 g/mol. The number of hydrogen-bond acceptors (Lipinski definition) is 5. The number of nitrogens with zero attached hydrogens (tertiary/aromatic N) is 2. The van der Waals surface area contributed by atoms with E-state index in [-0.39, 0.29) is 18.1 Å². The lowest BCUT2D eigenvalue weighted by Crippen LogP contribution is -2.29. The van der Waals surface area contributed by atoms with Gasteiger partial charge in [-0.2, -0.15) is 0 Å². The number of benzene rings is 1. The zero-order chi connectivity index (χ0) is 16.1. The number of thiophene rings is 1. The topological polar surface area (TPSA) is 75.5 Å². The lowest BCUT2D eigenvalue weighted by molar-refractivity contribution is -0.384. The van der Waals surface area contributed by atoms with Crippen molar-refractivity contribution in [3.05, 3.63) is 55.7 Å². The Morgan fingerprint density at radius 1 is 1.32 bits per heavy atom. The van der Waals surface area contributed by atoms with Crippen LogP contribution in [0.3, 0.4) is 0 Å². The van der Waals surface area contributed by atoms with Crippen LogP contribution in [0.1, 0.15) is 4.88 Å². The van der Waals surface area contributed by atoms with Crippen LogP contribution in [-0.2, 0) is 11.3 Å². The normalized spacial score (nSPS) is 10.7. The molecule has 0 saturated heterocycles. The first-order valence-electron chi connectivity index (χ1n) is 6.41. The third-order valence-electron chi connectivity index (χ3n) is 2.83. The molecule has 0 bridgehead atoms. The van der Waals surface area contributed by atoms with Crippen LogP contribution < -0.4 is 5.32 Å². The van der Waals surface area contributed by atoms with Crippen molar-refractivity contribution in [3.8, 4) is 0 Å². The van der Waals surface area contributed by atoms with Gasteiger partial charge in [0.1, 0.15) is 0 Å². The number of amides is 1. The van der Waals surface area contributed by atoms with Crippen molar-refractivity contribution in [3.63, 3.8) is 0 Å². The molecule has 1 amide bonds. The zero-order valence-electron chi connectivity index (χ0n) is 11.8. The van der Waals surface area contributed by atoms with E-state index in [9.17, 15) is 14.9 Å². The SMILES string of the molecule is CN(CC(=O)Nc1ccc([N+](=O)[O-])cc1)Cc1ccc(Cl)s1. The maximum Gasteiger partial charge on any atom is 0.269 e. The minimum Gasteiger partial charge on any atom is -0.325 e. The highest BCUT2D eigenvalue weighted by molar-refractivity contribution is 7.16. The van der Waals surface area contributed by atoms with E-state index in [4.69, 9.17) is 11.6 Å². The maximum atomic E-state index is 11.9. The van der Waals surface area contributed by atoms with E-state index in [0.29, 0.717) is 12.2 Å². The first-order valence-corrected chi connectivity index (χ1v) is 7.60. The molecule has 0 fully saturated rings. The van der Waals surface area contributed by atoms with Crippen molar-refractivity contribution in [1.82, 2.24) is 4.90 Å². The van der Waals surface area contributed by atoms with Crippen molar-refractivity contribution in [2.45, 2.75) is 6.54 Å². The van der Waals surface area contributed by atoms with Gasteiger partial charge >= 0.3 is 0 Å². The van der Waals surface area contributed by atoms with Crippen molar-refractivity contribution in [2.75, 3.05) is 18.9 Å². The fraction of sp³-hybridized carbons (Fsp3) is 0.214. The van der Waals surface area contributed by atoms with Crippen LogP contribution >= 0.6 is 22.9 Å². The molecular weight excluding hydrogens is 326 g/mol. The molecule has 1 aromatic carbocycles. The van der Waals surface area contributed by atoms with Crippen LogP contribution in [0.4, 0.5) is 11.4 Å². The number of carbonyl (C=O) groups excluding carboxylic acids is 1. The summed E-state index contributed by atoms with van der Waals surface area (Å²) in [7, 11) is 1.84. The van der Waals surface area contributed by atoms with Gasteiger partial charge in [-0.25, -0.2) is 0 Å². The first-order chi connectivity index (χ1) is 10.4. The van der Waals surface area contributed by atoms with Gasteiger partial charge in [0.25, 0.3) is 5.69 Å². The molecule has 0 atom stereocenters. The van der Waals surface area contributed by atoms with Gasteiger partial charge in [0.15, 0.2) is 0 Å². The van der Waals surface area contributed by atoms with Gasteiger partial charge in [0.05, 0.1) is 15.8 Å². The Labute approximate surface area is 136 Å². The van der Waals surface area contributed by atoms with Gasteiger partial charge < -0.3 is 5.32 Å². The number of non-ortho nitro benzene ring substituents is 1. The number of carbonyl (C=O) groups is 1. The summed E-state index contributed by atoms with van der Waals surface area (Å²) in [5, 5.41) is 13.3. The summed E-state index contributed by atoms with van der Waals surface area (Å²) in [5.74, 6) is -0.181. The Balaban J connectivity index is 1.85. The van der Waals surface area contributed by atoms with E-state index in [0.717, 1.165) is 9.21 Å². The number of anilines is 1. The van der Waals surface area contributed by atoms with Crippen molar-refractivity contribution >= 4 is 40.2 Å². The summed E-state index contributed by atoms with van der Waals surface area (Å²) in [6.45, 7) is 0.845. The molecular formula is C14H14ClN3O3S. The molecule has 2 rings (SSSR count). The smallest absolute Gasteiger partial charge is 0.269 e. The van der Waals surface area contributed by atoms with Crippen LogP contribution in [0.15, 0.2) is 36.4 Å². The lowest BCUT2D eigenvalue weighted by atomic mass is 10.3. The van der Waals surface area contributed by atoms with Gasteiger partial charge in [-0.3, -0.25) is 19.8 Å². The summed E-state index contributed by atoms with van der Waals surface area (Å²) in [4.78, 5) is 24.9. The Hall–Kier alpha value is -1.96. The van der Waals surface area contributed by atoms with E-state index in [1.54, 1.807) is 0 Å². The van der Waals surface area contributed by atoms with Gasteiger partial charge in [-0.1, -0.05) is 11.6 Å². The molecule has 2 aromatic rings. The number of nitro benzene ring substituents is 1. The van der Waals surface area contributed by atoms with Crippen molar-refractivity contribution in [1.29, 1.82) is 0 Å². The van der Waals surface area contributed by atoms with E-state index in [2.05, 4.69) is 5.32 Å². The minimum absolute atomic E-state index is 0.00955. The third kappa shape index (κ3) is 4.80. The Morgan fingerprint density at radius 3 is 2.55 bits per heavy atom. The van der Waals surface area contributed by atoms with E-state index < -0.39 is 4.92 Å². The summed E-state index contributed by atoms with van der Waals surface area (Å²) < 4.78 is 0.721. The summed E-state index contributed by atoms with van der Waals surface area (Å²) in [6, 6.07) is 9.48. The predicted octanol–water partition coefficient (Wildman–Crippen LogP) is 3.38. The molecule has 0 unspecified atom stereocenters. The van der Waals surface area contributed by atoms with E-state index in [1.807, 2.05) is 24.1 Å². The van der Waals surface area contributed by atoms with Gasteiger partial charge in [0.2, 0.25) is 5.91 Å². The van der Waals surface area contributed by atoms with Gasteiger partial charge in [0, 0.05) is 29.2 Å². The first kappa shape index (κ1) is 16.4. The molecule has 8 heteroatoms. The summed E-state index contributed by atoms with van der Waals surface area (Å²) >= 11 is 7.34. The van der Waals surface area contributed by atoms with Crippen molar-refractivity contribution in [2.24, 2.45) is 0 Å². The Kier molecular flexibility index (Phi) is 5.48. The molecule has 0 aliphatic carbocycles. The van der Waals surface area contributed by atoms with Gasteiger partial charge in [-0.15, -0.1) is 11.3 Å². The van der Waals surface area contributed by atoms with Gasteiger partial charge in [-0.05, 0) is 31.3 Å². The molecule has 0 spiro atoms. The Bertz CT molecular complexity index is 672. The largest absolute Gasteiger partial charge is 0.325 e. The number of likely N-dealkylation sites (N-methyl/N-ethyl adjacent to an activating group) is 1. The van der Waals surface area contributed by atoms with Crippen LogP contribution in [0, 0.1) is 10.1 Å². The zero-order valence-corrected chi connectivity index (χ0v) is 13.4. The molecule has 116 valence electrons. The Morgan fingerprint density at radius 2 is 2.00 bits per heavy atom. The maximum absolute atomic E-state index is 11.9. The van der Waals surface area contributed by atoms with Crippen LogP contribution in [0.2, 0.25) is 4.34 Å². The molecule has 1 heterocycles. The standard InChI is InChI=1S/C14H14ClN3O3S/c1-17(8-12-6-7-13(15)22-12)9-14(19)16-10-2-4-11(5-3-10)18(20)21/h2-7H,8-9H2,1H3,(H,16,19). The highest BCUT2D eigenvalue weighted by atomic mass is 35.5. The number of nitrogens with one attached hydrogen (secondary N) is 1. The van der Waals surface area contributed by atoms with Crippen LogP contribution in [0.25, 0.3) is 0 Å². The van der Waals surface area contributed by atoms with Crippen molar-refractivity contribution < 1.29 is 9.72 Å². The molecule has 1 N–H and O–H groups in total. The fourth-order valence-corrected chi connectivity index (χ4v) is 3.04. The number of nitro groups is 1. The molecule has 1 aromatic heterocycles. The molecule has 0 aliphatic heterocycles. The molecule has 0 radical (unpaired) electrons.